The van der Waals surface area contributed by atoms with Gasteiger partial charge in [0.05, 0.1) is 12.3 Å². The largest absolute Gasteiger partial charge is 0.492 e. The van der Waals surface area contributed by atoms with Gasteiger partial charge in [-0.1, -0.05) is 12.1 Å². The molecule has 0 radical (unpaired) electrons. The van der Waals surface area contributed by atoms with Gasteiger partial charge in [-0.3, -0.25) is 4.79 Å². The monoisotopic (exact) mass is 340 g/mol. The van der Waals surface area contributed by atoms with E-state index in [1.54, 1.807) is 4.90 Å². The van der Waals surface area contributed by atoms with Crippen molar-refractivity contribution in [1.82, 2.24) is 4.90 Å². The Morgan fingerprint density at radius 2 is 1.83 bits per heavy atom. The predicted octanol–water partition coefficient (Wildman–Crippen LogP) is 1.17. The van der Waals surface area contributed by atoms with Crippen LogP contribution < -0.4 is 9.64 Å². The Balaban J connectivity index is 2.03. The molecular weight excluding hydrogens is 316 g/mol. The molecule has 7 heteroatoms. The Kier molecular flexibility index (Phi) is 5.51. The summed E-state index contributed by atoms with van der Waals surface area (Å²) in [4.78, 5) is 16.1. The van der Waals surface area contributed by atoms with Gasteiger partial charge in [-0.05, 0) is 26.0 Å². The second kappa shape index (κ2) is 7.21. The van der Waals surface area contributed by atoms with Gasteiger partial charge in [-0.15, -0.1) is 0 Å². The van der Waals surface area contributed by atoms with E-state index in [1.807, 2.05) is 31.2 Å². The van der Waals surface area contributed by atoms with Gasteiger partial charge in [0, 0.05) is 32.4 Å². The predicted molar refractivity (Wildman–Crippen MR) is 90.7 cm³/mol. The zero-order chi connectivity index (χ0) is 17.0. The van der Waals surface area contributed by atoms with E-state index in [9.17, 15) is 13.2 Å². The SMILES string of the molecule is CCOc1ccccc1N1CCN(C(=O)C(C)S(C)(=O)=O)CC1. The molecule has 0 bridgehead atoms. The van der Waals surface area contributed by atoms with E-state index in [2.05, 4.69) is 4.90 Å². The van der Waals surface area contributed by atoms with Crippen LogP contribution in [0.4, 0.5) is 5.69 Å². The average molecular weight is 340 g/mol. The maximum Gasteiger partial charge on any atom is 0.240 e. The molecular formula is C16H24N2O4S. The third-order valence-corrected chi connectivity index (χ3v) is 5.57. The molecule has 23 heavy (non-hydrogen) atoms. The molecule has 1 unspecified atom stereocenters. The molecule has 1 fully saturated rings. The second-order valence-electron chi connectivity index (χ2n) is 5.68. The van der Waals surface area contributed by atoms with E-state index in [1.165, 1.54) is 6.92 Å². The molecule has 0 spiro atoms. The lowest BCUT2D eigenvalue weighted by atomic mass is 10.2. The summed E-state index contributed by atoms with van der Waals surface area (Å²) in [6, 6.07) is 7.83. The number of nitrogens with zero attached hydrogens (tertiary/aromatic N) is 2. The number of hydrogen-bond donors (Lipinski definition) is 0. The van der Waals surface area contributed by atoms with E-state index >= 15 is 0 Å². The van der Waals surface area contributed by atoms with E-state index < -0.39 is 15.1 Å². The minimum Gasteiger partial charge on any atom is -0.492 e. The van der Waals surface area contributed by atoms with Crippen LogP contribution in [0.5, 0.6) is 5.75 Å². The Hall–Kier alpha value is -1.76. The number of amides is 1. The molecule has 6 nitrogen and oxygen atoms in total. The molecule has 1 atom stereocenters. The van der Waals surface area contributed by atoms with Crippen LogP contribution in [0.1, 0.15) is 13.8 Å². The van der Waals surface area contributed by atoms with Crippen molar-refractivity contribution in [2.45, 2.75) is 19.1 Å². The standard InChI is InChI=1S/C16H24N2O4S/c1-4-22-15-8-6-5-7-14(15)17-9-11-18(12-10-17)16(19)13(2)23(3,20)21/h5-8,13H,4,9-12H2,1-3H3. The van der Waals surface area contributed by atoms with Crippen molar-refractivity contribution < 1.29 is 17.9 Å². The van der Waals surface area contributed by atoms with Crippen LogP contribution in [-0.2, 0) is 14.6 Å². The van der Waals surface area contributed by atoms with Gasteiger partial charge in [0.25, 0.3) is 0 Å². The molecule has 1 aromatic carbocycles. The zero-order valence-electron chi connectivity index (χ0n) is 13.9. The lowest BCUT2D eigenvalue weighted by Crippen LogP contribution is -2.52. The lowest BCUT2D eigenvalue weighted by molar-refractivity contribution is -0.130. The van der Waals surface area contributed by atoms with Crippen molar-refractivity contribution in [3.63, 3.8) is 0 Å². The van der Waals surface area contributed by atoms with Crippen LogP contribution in [0.15, 0.2) is 24.3 Å². The lowest BCUT2D eigenvalue weighted by Gasteiger charge is -2.37. The van der Waals surface area contributed by atoms with Crippen LogP contribution in [0.2, 0.25) is 0 Å². The molecule has 1 aliphatic rings. The third kappa shape index (κ3) is 4.16. The number of para-hydroxylation sites is 2. The minimum absolute atomic E-state index is 0.315. The fraction of sp³-hybridized carbons (Fsp3) is 0.562. The van der Waals surface area contributed by atoms with Crippen molar-refractivity contribution in [2.24, 2.45) is 0 Å². The summed E-state index contributed by atoms with van der Waals surface area (Å²) < 4.78 is 28.7. The van der Waals surface area contributed by atoms with E-state index in [4.69, 9.17) is 4.74 Å². The first kappa shape index (κ1) is 17.6. The highest BCUT2D eigenvalue weighted by Gasteiger charge is 2.30. The van der Waals surface area contributed by atoms with Crippen LogP contribution in [0.25, 0.3) is 0 Å². The maximum absolute atomic E-state index is 12.3. The smallest absolute Gasteiger partial charge is 0.240 e. The van der Waals surface area contributed by atoms with E-state index in [0.717, 1.165) is 17.7 Å². The van der Waals surface area contributed by atoms with Crippen molar-refractivity contribution in [3.8, 4) is 5.75 Å². The molecule has 0 N–H and O–H groups in total. The van der Waals surface area contributed by atoms with Crippen molar-refractivity contribution >= 4 is 21.4 Å². The van der Waals surface area contributed by atoms with E-state index in [0.29, 0.717) is 32.8 Å². The summed E-state index contributed by atoms with van der Waals surface area (Å²) in [5.41, 5.74) is 1.01. The van der Waals surface area contributed by atoms with Gasteiger partial charge in [0.1, 0.15) is 11.0 Å². The average Bonchev–Trinajstić information content (AvgIpc) is 2.54. The van der Waals surface area contributed by atoms with Gasteiger partial charge in [0.15, 0.2) is 9.84 Å². The Labute approximate surface area is 137 Å². The number of carbonyl (C=O) groups is 1. The number of hydrogen-bond acceptors (Lipinski definition) is 5. The van der Waals surface area contributed by atoms with Crippen molar-refractivity contribution in [2.75, 3.05) is 43.9 Å². The fourth-order valence-corrected chi connectivity index (χ4v) is 3.12. The minimum atomic E-state index is -3.36. The van der Waals surface area contributed by atoms with Gasteiger partial charge in [-0.25, -0.2) is 8.42 Å². The maximum atomic E-state index is 12.3. The van der Waals surface area contributed by atoms with Gasteiger partial charge >= 0.3 is 0 Å². The zero-order valence-corrected chi connectivity index (χ0v) is 14.7. The number of ether oxygens (including phenoxy) is 1. The third-order valence-electron chi connectivity index (χ3n) is 4.09. The molecule has 1 aliphatic heterocycles. The van der Waals surface area contributed by atoms with Crippen LogP contribution in [0.3, 0.4) is 0 Å². The topological polar surface area (TPSA) is 66.9 Å². The highest BCUT2D eigenvalue weighted by molar-refractivity contribution is 7.92. The first-order valence-electron chi connectivity index (χ1n) is 7.79. The van der Waals surface area contributed by atoms with Gasteiger partial charge in [-0.2, -0.15) is 0 Å². The molecule has 1 aromatic rings. The van der Waals surface area contributed by atoms with Crippen LogP contribution in [-0.4, -0.2) is 63.5 Å². The fourth-order valence-electron chi connectivity index (χ4n) is 2.60. The molecule has 128 valence electrons. The Bertz CT molecular complexity index is 652. The highest BCUT2D eigenvalue weighted by atomic mass is 32.2. The summed E-state index contributed by atoms with van der Waals surface area (Å²) in [5.74, 6) is 0.518. The number of piperazine rings is 1. The molecule has 1 amide bonds. The van der Waals surface area contributed by atoms with Crippen LogP contribution >= 0.6 is 0 Å². The number of benzene rings is 1. The van der Waals surface area contributed by atoms with E-state index in [-0.39, 0.29) is 5.91 Å². The Morgan fingerprint density at radius 3 is 2.39 bits per heavy atom. The van der Waals surface area contributed by atoms with Crippen LogP contribution in [0, 0.1) is 0 Å². The molecule has 1 saturated heterocycles. The van der Waals surface area contributed by atoms with Crippen molar-refractivity contribution in [1.29, 1.82) is 0 Å². The number of sulfone groups is 1. The number of anilines is 1. The summed E-state index contributed by atoms with van der Waals surface area (Å²) in [6.45, 7) is 6.34. The normalized spacial score (nSPS) is 17.0. The summed E-state index contributed by atoms with van der Waals surface area (Å²) in [6.07, 6.45) is 1.10. The summed E-state index contributed by atoms with van der Waals surface area (Å²) in [7, 11) is -3.36. The number of rotatable bonds is 5. The van der Waals surface area contributed by atoms with Gasteiger partial charge in [0.2, 0.25) is 5.91 Å². The van der Waals surface area contributed by atoms with Gasteiger partial charge < -0.3 is 14.5 Å². The highest BCUT2D eigenvalue weighted by Crippen LogP contribution is 2.28. The molecule has 0 aliphatic carbocycles. The molecule has 0 saturated carbocycles. The molecule has 0 aromatic heterocycles. The second-order valence-corrected chi connectivity index (χ2v) is 8.05. The summed E-state index contributed by atoms with van der Waals surface area (Å²) in [5, 5.41) is -0.982. The summed E-state index contributed by atoms with van der Waals surface area (Å²) >= 11 is 0. The molecule has 2 rings (SSSR count). The Morgan fingerprint density at radius 1 is 1.22 bits per heavy atom. The first-order chi connectivity index (χ1) is 10.8. The quantitative estimate of drug-likeness (QED) is 0.805. The molecule has 1 heterocycles. The number of carbonyl (C=O) groups excluding carboxylic acids is 1. The van der Waals surface area contributed by atoms with Crippen molar-refractivity contribution in [3.05, 3.63) is 24.3 Å². The first-order valence-corrected chi connectivity index (χ1v) is 9.74.